The first-order valence-electron chi connectivity index (χ1n) is 6.94. The molecule has 2 heteroatoms. The number of benzene rings is 1. The molecular weight excluding hydrogens is 208 g/mol. The minimum atomic E-state index is 0.837. The molecule has 92 valence electrons. The fraction of sp³-hybridized carbons (Fsp3) is 0.600. The van der Waals surface area contributed by atoms with Crippen LogP contribution in [0.25, 0.3) is 0 Å². The monoisotopic (exact) mass is 230 g/mol. The Hall–Kier alpha value is -0.860. The molecule has 2 nitrogen and oxygen atoms in total. The van der Waals surface area contributed by atoms with Gasteiger partial charge in [0.2, 0.25) is 0 Å². The first-order chi connectivity index (χ1) is 8.42. The van der Waals surface area contributed by atoms with Gasteiger partial charge in [-0.1, -0.05) is 18.2 Å². The first-order valence-corrected chi connectivity index (χ1v) is 6.94. The third-order valence-corrected chi connectivity index (χ3v) is 4.09. The van der Waals surface area contributed by atoms with E-state index in [0.717, 1.165) is 19.0 Å². The van der Waals surface area contributed by atoms with E-state index >= 15 is 0 Å². The van der Waals surface area contributed by atoms with Crippen molar-refractivity contribution in [3.8, 4) is 0 Å². The molecule has 2 aliphatic rings. The van der Waals surface area contributed by atoms with Gasteiger partial charge >= 0.3 is 0 Å². The zero-order valence-corrected chi connectivity index (χ0v) is 10.5. The Morgan fingerprint density at radius 1 is 1.24 bits per heavy atom. The predicted octanol–water partition coefficient (Wildman–Crippen LogP) is 1.87. The second kappa shape index (κ2) is 5.19. The van der Waals surface area contributed by atoms with Gasteiger partial charge in [0.25, 0.3) is 0 Å². The topological polar surface area (TPSA) is 24.1 Å². The van der Waals surface area contributed by atoms with Crippen molar-refractivity contribution in [1.82, 2.24) is 10.6 Å². The summed E-state index contributed by atoms with van der Waals surface area (Å²) in [6, 6.07) is 7.03. The van der Waals surface area contributed by atoms with Gasteiger partial charge in [-0.3, -0.25) is 0 Å². The molecule has 1 aromatic rings. The van der Waals surface area contributed by atoms with Gasteiger partial charge in [-0.25, -0.2) is 0 Å². The summed E-state index contributed by atoms with van der Waals surface area (Å²) >= 11 is 0. The normalized spacial score (nSPS) is 22.9. The molecule has 1 aliphatic heterocycles. The number of hydrogen-bond acceptors (Lipinski definition) is 2. The van der Waals surface area contributed by atoms with Crippen LogP contribution in [0.5, 0.6) is 0 Å². The van der Waals surface area contributed by atoms with Crippen LogP contribution in [0.2, 0.25) is 0 Å². The SMILES string of the molecule is c1cc2c(cc1CNCC1CCNC1)CCC2. The molecule has 1 aliphatic carbocycles. The summed E-state index contributed by atoms with van der Waals surface area (Å²) in [6.45, 7) is 4.58. The predicted molar refractivity (Wildman–Crippen MR) is 71.2 cm³/mol. The fourth-order valence-electron chi connectivity index (χ4n) is 3.04. The minimum Gasteiger partial charge on any atom is -0.316 e. The van der Waals surface area contributed by atoms with Gasteiger partial charge in [0.15, 0.2) is 0 Å². The number of aryl methyl sites for hydroxylation is 2. The number of rotatable bonds is 4. The van der Waals surface area contributed by atoms with E-state index in [1.165, 1.54) is 44.3 Å². The molecule has 1 saturated heterocycles. The molecule has 0 amide bonds. The summed E-state index contributed by atoms with van der Waals surface area (Å²) in [5.74, 6) is 0.837. The summed E-state index contributed by atoms with van der Waals surface area (Å²) in [4.78, 5) is 0. The molecule has 0 spiro atoms. The molecule has 0 saturated carbocycles. The highest BCUT2D eigenvalue weighted by atomic mass is 14.9. The summed E-state index contributed by atoms with van der Waals surface area (Å²) in [7, 11) is 0. The van der Waals surface area contributed by atoms with Crippen LogP contribution >= 0.6 is 0 Å². The summed E-state index contributed by atoms with van der Waals surface area (Å²) < 4.78 is 0. The van der Waals surface area contributed by atoms with Crippen molar-refractivity contribution in [3.63, 3.8) is 0 Å². The molecular formula is C15H22N2. The van der Waals surface area contributed by atoms with Crippen LogP contribution in [0.15, 0.2) is 18.2 Å². The van der Waals surface area contributed by atoms with Crippen LogP contribution in [0.3, 0.4) is 0 Å². The number of nitrogens with one attached hydrogen (secondary N) is 2. The van der Waals surface area contributed by atoms with Crippen LogP contribution in [-0.4, -0.2) is 19.6 Å². The van der Waals surface area contributed by atoms with E-state index in [0.29, 0.717) is 0 Å². The zero-order valence-electron chi connectivity index (χ0n) is 10.5. The third kappa shape index (κ3) is 2.70. The average molecular weight is 230 g/mol. The van der Waals surface area contributed by atoms with Gasteiger partial charge in [-0.05, 0) is 67.9 Å². The highest BCUT2D eigenvalue weighted by Crippen LogP contribution is 2.22. The average Bonchev–Trinajstić information content (AvgIpc) is 2.98. The summed E-state index contributed by atoms with van der Waals surface area (Å²) in [5, 5.41) is 7.01. The second-order valence-corrected chi connectivity index (χ2v) is 5.45. The first kappa shape index (κ1) is 11.2. The van der Waals surface area contributed by atoms with Gasteiger partial charge in [0, 0.05) is 6.54 Å². The van der Waals surface area contributed by atoms with E-state index in [9.17, 15) is 0 Å². The molecule has 0 aromatic heterocycles. The van der Waals surface area contributed by atoms with Crippen molar-refractivity contribution in [2.24, 2.45) is 5.92 Å². The van der Waals surface area contributed by atoms with Gasteiger partial charge in [0.05, 0.1) is 0 Å². The van der Waals surface area contributed by atoms with Crippen LogP contribution in [0.4, 0.5) is 0 Å². The lowest BCUT2D eigenvalue weighted by Crippen LogP contribution is -2.24. The Kier molecular flexibility index (Phi) is 3.44. The maximum absolute atomic E-state index is 3.59. The van der Waals surface area contributed by atoms with E-state index in [4.69, 9.17) is 0 Å². The Balaban J connectivity index is 1.51. The lowest BCUT2D eigenvalue weighted by atomic mass is 10.1. The van der Waals surface area contributed by atoms with Gasteiger partial charge < -0.3 is 10.6 Å². The third-order valence-electron chi connectivity index (χ3n) is 4.09. The van der Waals surface area contributed by atoms with Crippen molar-refractivity contribution in [2.45, 2.75) is 32.2 Å². The van der Waals surface area contributed by atoms with E-state index < -0.39 is 0 Å². The molecule has 0 radical (unpaired) electrons. The molecule has 0 bridgehead atoms. The smallest absolute Gasteiger partial charge is 0.0205 e. The molecule has 2 N–H and O–H groups in total. The molecule has 3 rings (SSSR count). The van der Waals surface area contributed by atoms with Crippen molar-refractivity contribution in [1.29, 1.82) is 0 Å². The largest absolute Gasteiger partial charge is 0.316 e. The van der Waals surface area contributed by atoms with Crippen LogP contribution < -0.4 is 10.6 Å². The Bertz CT molecular complexity index is 381. The van der Waals surface area contributed by atoms with E-state index in [-0.39, 0.29) is 0 Å². The fourth-order valence-corrected chi connectivity index (χ4v) is 3.04. The standard InChI is InChI=1S/C15H22N2/c1-2-14-5-4-12(8-15(14)3-1)9-17-11-13-6-7-16-10-13/h4-5,8,13,16-17H,1-3,6-7,9-11H2. The molecule has 17 heavy (non-hydrogen) atoms. The highest BCUT2D eigenvalue weighted by molar-refractivity contribution is 5.35. The van der Waals surface area contributed by atoms with Crippen LogP contribution in [0, 0.1) is 5.92 Å². The van der Waals surface area contributed by atoms with E-state index in [1.54, 1.807) is 11.1 Å². The Morgan fingerprint density at radius 3 is 3.06 bits per heavy atom. The highest BCUT2D eigenvalue weighted by Gasteiger charge is 2.14. The lowest BCUT2D eigenvalue weighted by Gasteiger charge is -2.10. The van der Waals surface area contributed by atoms with Crippen LogP contribution in [0.1, 0.15) is 29.5 Å². The second-order valence-electron chi connectivity index (χ2n) is 5.45. The quantitative estimate of drug-likeness (QED) is 0.825. The molecule has 1 heterocycles. The molecule has 1 unspecified atom stereocenters. The molecule has 1 fully saturated rings. The minimum absolute atomic E-state index is 0.837. The van der Waals surface area contributed by atoms with Gasteiger partial charge in [-0.2, -0.15) is 0 Å². The Labute approximate surface area is 104 Å². The Morgan fingerprint density at radius 2 is 2.18 bits per heavy atom. The van der Waals surface area contributed by atoms with Crippen molar-refractivity contribution in [2.75, 3.05) is 19.6 Å². The van der Waals surface area contributed by atoms with E-state index in [2.05, 4.69) is 28.8 Å². The summed E-state index contributed by atoms with van der Waals surface area (Å²) in [5.41, 5.74) is 4.62. The summed E-state index contributed by atoms with van der Waals surface area (Å²) in [6.07, 6.45) is 5.25. The van der Waals surface area contributed by atoms with Crippen LogP contribution in [-0.2, 0) is 19.4 Å². The van der Waals surface area contributed by atoms with Gasteiger partial charge in [-0.15, -0.1) is 0 Å². The maximum atomic E-state index is 3.59. The zero-order chi connectivity index (χ0) is 11.5. The van der Waals surface area contributed by atoms with Crippen molar-refractivity contribution in [3.05, 3.63) is 34.9 Å². The van der Waals surface area contributed by atoms with Crippen molar-refractivity contribution < 1.29 is 0 Å². The molecule has 1 atom stereocenters. The van der Waals surface area contributed by atoms with E-state index in [1.807, 2.05) is 0 Å². The maximum Gasteiger partial charge on any atom is 0.0205 e. The molecule has 1 aromatic carbocycles. The lowest BCUT2D eigenvalue weighted by molar-refractivity contribution is 0.512. The van der Waals surface area contributed by atoms with Gasteiger partial charge in [0.1, 0.15) is 0 Å². The number of hydrogen-bond donors (Lipinski definition) is 2. The van der Waals surface area contributed by atoms with Crippen molar-refractivity contribution >= 4 is 0 Å². The number of fused-ring (bicyclic) bond motifs is 1.